The number of ether oxygens (including phenoxy) is 1. The number of nitrogens with one attached hydrogen (secondary N) is 2. The molecule has 0 saturated heterocycles. The van der Waals surface area contributed by atoms with E-state index in [-0.39, 0.29) is 5.54 Å². The van der Waals surface area contributed by atoms with Crippen LogP contribution in [0.15, 0.2) is 16.7 Å². The summed E-state index contributed by atoms with van der Waals surface area (Å²) in [5.74, 6) is 0.912. The minimum absolute atomic E-state index is 0.254. The van der Waals surface area contributed by atoms with E-state index in [1.165, 1.54) is 0 Å². The summed E-state index contributed by atoms with van der Waals surface area (Å²) in [7, 11) is 0. The van der Waals surface area contributed by atoms with Gasteiger partial charge in [0.05, 0.1) is 12.8 Å². The molecule has 1 heterocycles. The number of hydrogen-bond donors (Lipinski definition) is 2. The summed E-state index contributed by atoms with van der Waals surface area (Å²) in [6.45, 7) is 12.7. The Kier molecular flexibility index (Phi) is 5.22. The summed E-state index contributed by atoms with van der Waals surface area (Å²) in [5.41, 5.74) is 0.386. The molecule has 0 atom stereocenters. The predicted molar refractivity (Wildman–Crippen MR) is 78.6 cm³/mol. The van der Waals surface area contributed by atoms with Crippen LogP contribution in [0, 0.1) is 6.92 Å². The monoisotopic (exact) mass is 282 g/mol. The highest BCUT2D eigenvalue weighted by Gasteiger charge is 2.21. The SMILES string of the molecule is Cc1ccoc1CNC(C)(C)CNC(=O)OC(C)(C)C. The van der Waals surface area contributed by atoms with E-state index in [9.17, 15) is 4.79 Å². The van der Waals surface area contributed by atoms with Crippen molar-refractivity contribution < 1.29 is 13.9 Å². The summed E-state index contributed by atoms with van der Waals surface area (Å²) < 4.78 is 10.6. The van der Waals surface area contributed by atoms with Gasteiger partial charge in [-0.15, -0.1) is 0 Å². The standard InChI is InChI=1S/C15H26N2O3/c1-11-7-8-19-12(11)9-17-15(5,6)10-16-13(18)20-14(2,3)4/h7-8,17H,9-10H2,1-6H3,(H,16,18). The third-order valence-electron chi connectivity index (χ3n) is 2.77. The van der Waals surface area contributed by atoms with E-state index in [2.05, 4.69) is 10.6 Å². The fourth-order valence-electron chi connectivity index (χ4n) is 1.57. The number of furan rings is 1. The highest BCUT2D eigenvalue weighted by Crippen LogP contribution is 2.11. The van der Waals surface area contributed by atoms with Crippen LogP contribution in [0.5, 0.6) is 0 Å². The summed E-state index contributed by atoms with van der Waals surface area (Å²) in [4.78, 5) is 11.6. The van der Waals surface area contributed by atoms with Gasteiger partial charge in [-0.25, -0.2) is 4.79 Å². The van der Waals surface area contributed by atoms with Crippen LogP contribution >= 0.6 is 0 Å². The maximum atomic E-state index is 11.6. The second kappa shape index (κ2) is 6.31. The third kappa shape index (κ3) is 6.10. The van der Waals surface area contributed by atoms with Crippen LogP contribution in [0.25, 0.3) is 0 Å². The molecule has 114 valence electrons. The van der Waals surface area contributed by atoms with Crippen molar-refractivity contribution in [1.82, 2.24) is 10.6 Å². The lowest BCUT2D eigenvalue weighted by molar-refractivity contribution is 0.0513. The molecule has 1 aromatic rings. The molecule has 0 saturated carbocycles. The van der Waals surface area contributed by atoms with Crippen molar-refractivity contribution in [3.63, 3.8) is 0 Å². The van der Waals surface area contributed by atoms with Gasteiger partial charge in [0.2, 0.25) is 0 Å². The first-order chi connectivity index (χ1) is 9.09. The molecular weight excluding hydrogens is 256 g/mol. The Morgan fingerprint density at radius 1 is 1.30 bits per heavy atom. The number of rotatable bonds is 5. The predicted octanol–water partition coefficient (Wildman–Crippen LogP) is 2.98. The second-order valence-electron chi connectivity index (χ2n) is 6.62. The summed E-state index contributed by atoms with van der Waals surface area (Å²) in [6.07, 6.45) is 1.28. The van der Waals surface area contributed by atoms with E-state index in [1.54, 1.807) is 6.26 Å². The van der Waals surface area contributed by atoms with Gasteiger partial charge >= 0.3 is 6.09 Å². The Hall–Kier alpha value is -1.49. The number of carbonyl (C=O) groups is 1. The number of alkyl carbamates (subject to hydrolysis) is 1. The Morgan fingerprint density at radius 3 is 2.45 bits per heavy atom. The van der Waals surface area contributed by atoms with Gasteiger partial charge in [0.1, 0.15) is 11.4 Å². The second-order valence-corrected chi connectivity index (χ2v) is 6.62. The number of aryl methyl sites for hydroxylation is 1. The minimum atomic E-state index is -0.479. The lowest BCUT2D eigenvalue weighted by Gasteiger charge is -2.27. The van der Waals surface area contributed by atoms with E-state index in [0.29, 0.717) is 13.1 Å². The van der Waals surface area contributed by atoms with Crippen molar-refractivity contribution in [1.29, 1.82) is 0 Å². The quantitative estimate of drug-likeness (QED) is 0.871. The van der Waals surface area contributed by atoms with E-state index in [0.717, 1.165) is 11.3 Å². The van der Waals surface area contributed by atoms with E-state index >= 15 is 0 Å². The van der Waals surface area contributed by atoms with Crippen molar-refractivity contribution in [2.45, 2.75) is 59.2 Å². The summed E-state index contributed by atoms with van der Waals surface area (Å²) in [5, 5.41) is 6.13. The minimum Gasteiger partial charge on any atom is -0.468 e. The molecular formula is C15H26N2O3. The topological polar surface area (TPSA) is 63.5 Å². The summed E-state index contributed by atoms with van der Waals surface area (Å²) >= 11 is 0. The Labute approximate surface area is 121 Å². The highest BCUT2D eigenvalue weighted by atomic mass is 16.6. The van der Waals surface area contributed by atoms with Gasteiger partial charge in [0.25, 0.3) is 0 Å². The van der Waals surface area contributed by atoms with E-state index in [1.807, 2.05) is 47.6 Å². The number of amides is 1. The Bertz CT molecular complexity index is 444. The fourth-order valence-corrected chi connectivity index (χ4v) is 1.57. The maximum absolute atomic E-state index is 11.6. The maximum Gasteiger partial charge on any atom is 0.407 e. The molecule has 5 nitrogen and oxygen atoms in total. The number of carbonyl (C=O) groups excluding carboxylic acids is 1. The van der Waals surface area contributed by atoms with Gasteiger partial charge < -0.3 is 19.8 Å². The molecule has 1 aromatic heterocycles. The average Bonchev–Trinajstić information content (AvgIpc) is 2.68. The van der Waals surface area contributed by atoms with Gasteiger partial charge in [-0.05, 0) is 53.2 Å². The van der Waals surface area contributed by atoms with Crippen LogP contribution in [0.4, 0.5) is 4.79 Å². The van der Waals surface area contributed by atoms with Crippen LogP contribution in [0.3, 0.4) is 0 Å². The van der Waals surface area contributed by atoms with Crippen LogP contribution < -0.4 is 10.6 Å². The molecule has 0 fully saturated rings. The highest BCUT2D eigenvalue weighted by molar-refractivity contribution is 5.67. The van der Waals surface area contributed by atoms with E-state index in [4.69, 9.17) is 9.15 Å². The van der Waals surface area contributed by atoms with Gasteiger partial charge in [-0.2, -0.15) is 0 Å². The van der Waals surface area contributed by atoms with E-state index < -0.39 is 11.7 Å². The molecule has 2 N–H and O–H groups in total. The molecule has 1 amide bonds. The van der Waals surface area contributed by atoms with Crippen LogP contribution in [0.2, 0.25) is 0 Å². The van der Waals surface area contributed by atoms with Crippen molar-refractivity contribution >= 4 is 6.09 Å². The van der Waals surface area contributed by atoms with Gasteiger partial charge in [0.15, 0.2) is 0 Å². The van der Waals surface area contributed by atoms with Crippen molar-refractivity contribution in [3.05, 3.63) is 23.7 Å². The zero-order valence-electron chi connectivity index (χ0n) is 13.3. The van der Waals surface area contributed by atoms with Crippen molar-refractivity contribution in [2.24, 2.45) is 0 Å². The Morgan fingerprint density at radius 2 is 1.95 bits per heavy atom. The van der Waals surface area contributed by atoms with Crippen molar-refractivity contribution in [2.75, 3.05) is 6.54 Å². The first-order valence-corrected chi connectivity index (χ1v) is 6.84. The molecule has 0 spiro atoms. The smallest absolute Gasteiger partial charge is 0.407 e. The molecule has 1 rings (SSSR count). The molecule has 0 aliphatic carbocycles. The zero-order chi connectivity index (χ0) is 15.4. The average molecular weight is 282 g/mol. The van der Waals surface area contributed by atoms with Gasteiger partial charge in [-0.1, -0.05) is 0 Å². The lowest BCUT2D eigenvalue weighted by Crippen LogP contribution is -2.49. The number of hydrogen-bond acceptors (Lipinski definition) is 4. The first kappa shape index (κ1) is 16.6. The molecule has 20 heavy (non-hydrogen) atoms. The molecule has 0 aromatic carbocycles. The zero-order valence-corrected chi connectivity index (χ0v) is 13.3. The molecule has 5 heteroatoms. The lowest BCUT2D eigenvalue weighted by atomic mass is 10.1. The van der Waals surface area contributed by atoms with Crippen LogP contribution in [-0.4, -0.2) is 23.8 Å². The first-order valence-electron chi connectivity index (χ1n) is 6.84. The molecule has 0 unspecified atom stereocenters. The molecule has 0 radical (unpaired) electrons. The fraction of sp³-hybridized carbons (Fsp3) is 0.667. The molecule has 0 aliphatic heterocycles. The Balaban J connectivity index is 2.38. The summed E-state index contributed by atoms with van der Waals surface area (Å²) in [6, 6.07) is 1.93. The van der Waals surface area contributed by atoms with Crippen LogP contribution in [0.1, 0.15) is 45.9 Å². The van der Waals surface area contributed by atoms with Crippen molar-refractivity contribution in [3.8, 4) is 0 Å². The van der Waals surface area contributed by atoms with Gasteiger partial charge in [0, 0.05) is 12.1 Å². The normalized spacial score (nSPS) is 12.3. The molecule has 0 aliphatic rings. The largest absolute Gasteiger partial charge is 0.468 e. The van der Waals surface area contributed by atoms with Crippen LogP contribution in [-0.2, 0) is 11.3 Å². The third-order valence-corrected chi connectivity index (χ3v) is 2.77. The van der Waals surface area contributed by atoms with Gasteiger partial charge in [-0.3, -0.25) is 0 Å². The molecule has 0 bridgehead atoms.